The quantitative estimate of drug-likeness (QED) is 0.765. The van der Waals surface area contributed by atoms with Gasteiger partial charge in [0.05, 0.1) is 6.54 Å². The number of nitrogens with zero attached hydrogens (tertiary/aromatic N) is 3. The number of thioether (sulfide) groups is 1. The first-order valence-electron chi connectivity index (χ1n) is 8.73. The van der Waals surface area contributed by atoms with Crippen LogP contribution in [0.5, 0.6) is 0 Å². The highest BCUT2D eigenvalue weighted by Gasteiger charge is 2.39. The average Bonchev–Trinajstić information content (AvgIpc) is 2.64. The van der Waals surface area contributed by atoms with Gasteiger partial charge in [0, 0.05) is 7.05 Å². The van der Waals surface area contributed by atoms with Crippen LogP contribution in [0, 0.1) is 0 Å². The Morgan fingerprint density at radius 2 is 1.93 bits per heavy atom. The Hall–Kier alpha value is -2.55. The molecule has 0 bridgehead atoms. The molecule has 28 heavy (non-hydrogen) atoms. The van der Waals surface area contributed by atoms with Crippen molar-refractivity contribution in [3.63, 3.8) is 0 Å². The number of ether oxygens (including phenoxy) is 2. The topological polar surface area (TPSA) is 88.5 Å². The summed E-state index contributed by atoms with van der Waals surface area (Å²) in [6.45, 7) is 5.28. The van der Waals surface area contributed by atoms with Crippen molar-refractivity contribution in [1.29, 1.82) is 0 Å². The van der Waals surface area contributed by atoms with E-state index >= 15 is 0 Å². The van der Waals surface area contributed by atoms with Crippen LogP contribution >= 0.6 is 11.8 Å². The van der Waals surface area contributed by atoms with Gasteiger partial charge in [0.2, 0.25) is 0 Å². The number of aliphatic imine (C=N–C) groups is 1. The van der Waals surface area contributed by atoms with Crippen LogP contribution in [0.4, 0.5) is 9.59 Å². The second-order valence-corrected chi connectivity index (χ2v) is 7.97. The fraction of sp³-hybridized carbons (Fsp3) is 0.474. The van der Waals surface area contributed by atoms with Crippen LogP contribution in [0.3, 0.4) is 0 Å². The highest BCUT2D eigenvalue weighted by Crippen LogP contribution is 2.20. The summed E-state index contributed by atoms with van der Waals surface area (Å²) in [5.41, 5.74) is 0.134. The molecule has 0 saturated heterocycles. The molecule has 1 atom stereocenters. The average molecular weight is 407 g/mol. The van der Waals surface area contributed by atoms with Crippen LogP contribution in [-0.2, 0) is 20.9 Å². The van der Waals surface area contributed by atoms with Gasteiger partial charge < -0.3 is 9.47 Å². The van der Waals surface area contributed by atoms with Crippen LogP contribution in [0.1, 0.15) is 26.3 Å². The summed E-state index contributed by atoms with van der Waals surface area (Å²) in [7, 11) is 1.45. The molecule has 3 amide bonds. The van der Waals surface area contributed by atoms with Crippen molar-refractivity contribution in [1.82, 2.24) is 9.80 Å². The number of rotatable bonds is 3. The fourth-order valence-corrected chi connectivity index (χ4v) is 2.97. The van der Waals surface area contributed by atoms with Crippen LogP contribution in [0.2, 0.25) is 0 Å². The largest absolute Gasteiger partial charge is 0.445 e. The van der Waals surface area contributed by atoms with Gasteiger partial charge in [-0.3, -0.25) is 14.6 Å². The Morgan fingerprint density at radius 1 is 1.29 bits per heavy atom. The summed E-state index contributed by atoms with van der Waals surface area (Å²) in [5.74, 6) is -0.511. The van der Waals surface area contributed by atoms with Crippen LogP contribution in [0.25, 0.3) is 0 Å². The Labute approximate surface area is 168 Å². The van der Waals surface area contributed by atoms with Gasteiger partial charge in [0.15, 0.2) is 5.17 Å². The first-order chi connectivity index (χ1) is 13.1. The van der Waals surface area contributed by atoms with Gasteiger partial charge in [0.1, 0.15) is 18.2 Å². The van der Waals surface area contributed by atoms with Crippen molar-refractivity contribution in [2.45, 2.75) is 39.0 Å². The first kappa shape index (κ1) is 21.7. The minimum absolute atomic E-state index is 0.0512. The molecule has 1 aliphatic heterocycles. The molecule has 8 nitrogen and oxygen atoms in total. The van der Waals surface area contributed by atoms with Crippen molar-refractivity contribution < 1.29 is 23.9 Å². The lowest BCUT2D eigenvalue weighted by atomic mass is 10.2. The van der Waals surface area contributed by atoms with Crippen LogP contribution in [0.15, 0.2) is 35.3 Å². The maximum atomic E-state index is 12.5. The van der Waals surface area contributed by atoms with E-state index in [1.54, 1.807) is 27.0 Å². The van der Waals surface area contributed by atoms with E-state index in [-0.39, 0.29) is 18.3 Å². The normalized spacial score (nSPS) is 17.0. The Morgan fingerprint density at radius 3 is 2.50 bits per heavy atom. The minimum atomic E-state index is -0.952. The van der Waals surface area contributed by atoms with E-state index in [9.17, 15) is 14.4 Å². The third-order valence-electron chi connectivity index (χ3n) is 3.83. The van der Waals surface area contributed by atoms with Crippen LogP contribution < -0.4 is 0 Å². The van der Waals surface area contributed by atoms with Gasteiger partial charge in [-0.1, -0.05) is 42.1 Å². The highest BCUT2D eigenvalue weighted by atomic mass is 32.2. The van der Waals surface area contributed by atoms with Gasteiger partial charge >= 0.3 is 12.2 Å². The van der Waals surface area contributed by atoms with E-state index in [0.717, 1.165) is 22.2 Å². The van der Waals surface area contributed by atoms with E-state index in [1.807, 2.05) is 30.3 Å². The standard InChI is InChI=1S/C19H25N3O5S/c1-19(2,3)27-18(25)22-11-14(15(23)20-16(22)28-5)21(4)17(24)26-12-13-9-7-6-8-10-13/h6-10,14H,11-12H2,1-5H3. The molecule has 152 valence electrons. The van der Waals surface area contributed by atoms with Crippen molar-refractivity contribution in [2.24, 2.45) is 4.99 Å². The second-order valence-electron chi connectivity index (χ2n) is 7.19. The fourth-order valence-electron chi connectivity index (χ4n) is 2.42. The van der Waals surface area contributed by atoms with Crippen molar-refractivity contribution in [3.05, 3.63) is 35.9 Å². The van der Waals surface area contributed by atoms with Crippen LogP contribution in [-0.4, -0.2) is 64.6 Å². The van der Waals surface area contributed by atoms with Crippen molar-refractivity contribution in [3.8, 4) is 0 Å². The number of carbonyl (C=O) groups excluding carboxylic acids is 3. The second kappa shape index (κ2) is 9.09. The Balaban J connectivity index is 2.09. The highest BCUT2D eigenvalue weighted by molar-refractivity contribution is 8.13. The zero-order chi connectivity index (χ0) is 20.9. The summed E-state index contributed by atoms with van der Waals surface area (Å²) >= 11 is 1.16. The first-order valence-corrected chi connectivity index (χ1v) is 9.95. The number of benzene rings is 1. The molecule has 1 aliphatic rings. The van der Waals surface area contributed by atoms with E-state index in [4.69, 9.17) is 9.47 Å². The number of amides is 3. The summed E-state index contributed by atoms with van der Waals surface area (Å²) in [6, 6.07) is 8.26. The molecular formula is C19H25N3O5S. The number of hydrogen-bond acceptors (Lipinski definition) is 6. The Kier molecular flexibility index (Phi) is 7.06. The molecule has 9 heteroatoms. The summed E-state index contributed by atoms with van der Waals surface area (Å²) in [4.78, 5) is 43.7. The van der Waals surface area contributed by atoms with E-state index in [0.29, 0.717) is 0 Å². The summed E-state index contributed by atoms with van der Waals surface area (Å²) < 4.78 is 10.7. The SMILES string of the molecule is CSC1=NC(=O)C(N(C)C(=O)OCc2ccccc2)CN1C(=O)OC(C)(C)C. The molecule has 1 aromatic carbocycles. The van der Waals surface area contributed by atoms with E-state index in [2.05, 4.69) is 4.99 Å². The molecule has 0 saturated carbocycles. The molecule has 0 radical (unpaired) electrons. The molecule has 1 heterocycles. The summed E-state index contributed by atoms with van der Waals surface area (Å²) in [5, 5.41) is 0.238. The molecule has 0 aliphatic carbocycles. The molecule has 0 spiro atoms. The zero-order valence-corrected chi connectivity index (χ0v) is 17.5. The molecule has 0 N–H and O–H groups in total. The van der Waals surface area contributed by atoms with Gasteiger partial charge in [0.25, 0.3) is 5.91 Å². The molecule has 1 aromatic rings. The Bertz CT molecular complexity index is 761. The minimum Gasteiger partial charge on any atom is -0.445 e. The molecular weight excluding hydrogens is 382 g/mol. The van der Waals surface area contributed by atoms with Gasteiger partial charge in [-0.15, -0.1) is 0 Å². The third-order valence-corrected chi connectivity index (χ3v) is 4.51. The number of amidine groups is 1. The smallest absolute Gasteiger partial charge is 0.416 e. The lowest BCUT2D eigenvalue weighted by Gasteiger charge is -2.35. The van der Waals surface area contributed by atoms with Gasteiger partial charge in [-0.25, -0.2) is 9.59 Å². The number of likely N-dealkylation sites (N-methyl/N-ethyl adjacent to an activating group) is 1. The number of hydrogen-bond donors (Lipinski definition) is 0. The monoisotopic (exact) mass is 407 g/mol. The van der Waals surface area contributed by atoms with Crippen molar-refractivity contribution >= 4 is 35.0 Å². The maximum Gasteiger partial charge on any atom is 0.416 e. The van der Waals surface area contributed by atoms with E-state index < -0.39 is 29.7 Å². The molecule has 0 aromatic heterocycles. The zero-order valence-electron chi connectivity index (χ0n) is 16.7. The lowest BCUT2D eigenvalue weighted by molar-refractivity contribution is -0.123. The molecule has 1 unspecified atom stereocenters. The van der Waals surface area contributed by atoms with E-state index in [1.165, 1.54) is 11.9 Å². The lowest BCUT2D eigenvalue weighted by Crippen LogP contribution is -2.55. The predicted octanol–water partition coefficient (Wildman–Crippen LogP) is 3.12. The number of carbonyl (C=O) groups is 3. The molecule has 2 rings (SSSR count). The third kappa shape index (κ3) is 5.72. The maximum absolute atomic E-state index is 12.5. The predicted molar refractivity (Wildman–Crippen MR) is 107 cm³/mol. The van der Waals surface area contributed by atoms with Crippen molar-refractivity contribution in [2.75, 3.05) is 19.8 Å². The van der Waals surface area contributed by atoms with Gasteiger partial charge in [-0.2, -0.15) is 4.99 Å². The van der Waals surface area contributed by atoms with Gasteiger partial charge in [-0.05, 0) is 32.6 Å². The molecule has 0 fully saturated rings. The summed E-state index contributed by atoms with van der Waals surface area (Å²) in [6.07, 6.45) is 0.417.